The molecule has 6 heterocycles. The number of benzene rings is 4. The van der Waals surface area contributed by atoms with Gasteiger partial charge in [-0.1, -0.05) is 12.1 Å². The summed E-state index contributed by atoms with van der Waals surface area (Å²) >= 11 is 0. The first kappa shape index (κ1) is 43.0. The maximum Gasteiger partial charge on any atom is 1.00 e. The number of cyclic esters (lactones) is 2. The number of methoxy groups -OCH3 is 6. The highest BCUT2D eigenvalue weighted by Crippen LogP contribution is 2.59. The van der Waals surface area contributed by atoms with Crippen molar-refractivity contribution >= 4 is 17.9 Å². The molecule has 0 spiro atoms. The van der Waals surface area contributed by atoms with Gasteiger partial charge in [0.15, 0.2) is 46.0 Å². The summed E-state index contributed by atoms with van der Waals surface area (Å²) in [6.45, 7) is 1.11. The van der Waals surface area contributed by atoms with E-state index in [1.54, 1.807) is 25.3 Å². The van der Waals surface area contributed by atoms with Gasteiger partial charge in [0.25, 0.3) is 0 Å². The molecule has 0 saturated carbocycles. The molecular formula is C46H46N3O16+. The summed E-state index contributed by atoms with van der Waals surface area (Å²) in [6.07, 6.45) is -0.289. The fourth-order valence-corrected chi connectivity index (χ4v) is 10.0. The molecule has 4 atom stereocenters. The Labute approximate surface area is 374 Å². The third-order valence-corrected chi connectivity index (χ3v) is 12.8. The fraction of sp³-hybridized carbons (Fsp3) is 0.391. The quantitative estimate of drug-likeness (QED) is 0.207. The highest BCUT2D eigenvalue weighted by Gasteiger charge is 2.49. The lowest BCUT2D eigenvalue weighted by molar-refractivity contribution is 0.00801. The van der Waals surface area contributed by atoms with Crippen LogP contribution in [0.2, 0.25) is 0 Å². The van der Waals surface area contributed by atoms with Crippen LogP contribution in [0, 0.1) is 11.3 Å². The number of hydrogen-bond donors (Lipinski definition) is 1. The Hall–Kier alpha value is -7.30. The summed E-state index contributed by atoms with van der Waals surface area (Å²) < 4.78 is 67.3. The second-order valence-electron chi connectivity index (χ2n) is 15.7. The van der Waals surface area contributed by atoms with Gasteiger partial charge in [-0.05, 0) is 50.2 Å². The summed E-state index contributed by atoms with van der Waals surface area (Å²) in [5, 5.41) is 19.9. The van der Waals surface area contributed by atoms with Crippen LogP contribution in [-0.2, 0) is 22.3 Å². The smallest absolute Gasteiger partial charge is 0.493 e. The number of fused-ring (bicyclic) bond motifs is 6. The molecule has 19 nitrogen and oxygen atoms in total. The van der Waals surface area contributed by atoms with E-state index in [0.29, 0.717) is 111 Å². The lowest BCUT2D eigenvalue weighted by Gasteiger charge is -2.39. The molecule has 0 unspecified atom stereocenters. The van der Waals surface area contributed by atoms with Crippen LogP contribution in [0.5, 0.6) is 57.5 Å². The maximum absolute atomic E-state index is 13.0. The molecule has 0 bridgehead atoms. The lowest BCUT2D eigenvalue weighted by Crippen LogP contribution is -2.37. The molecule has 4 aromatic carbocycles. The summed E-state index contributed by atoms with van der Waals surface area (Å²) in [5.41, 5.74) is 5.21. The van der Waals surface area contributed by atoms with Gasteiger partial charge in [0, 0.05) is 35.3 Å². The molecule has 0 aliphatic carbocycles. The van der Waals surface area contributed by atoms with Gasteiger partial charge < -0.3 is 61.9 Å². The predicted octanol–water partition coefficient (Wildman–Crippen LogP) is 5.45. The van der Waals surface area contributed by atoms with Gasteiger partial charge in [0.1, 0.15) is 40.5 Å². The van der Waals surface area contributed by atoms with Crippen LogP contribution in [0.15, 0.2) is 24.3 Å². The number of carboxylic acids is 1. The molecule has 4 aromatic rings. The van der Waals surface area contributed by atoms with Crippen LogP contribution < -0.4 is 47.4 Å². The Bertz CT molecular complexity index is 2720. The van der Waals surface area contributed by atoms with Crippen molar-refractivity contribution in [2.75, 3.05) is 83.4 Å². The topological polar surface area (TPSA) is 212 Å². The van der Waals surface area contributed by atoms with E-state index in [0.717, 1.165) is 11.1 Å². The van der Waals surface area contributed by atoms with E-state index < -0.39 is 42.2 Å². The molecule has 6 aliphatic rings. The first-order valence-electron chi connectivity index (χ1n) is 20.5. The standard InChI is InChI=1S/C23H22N2O7.C23H23NO9/c1-25-8-7-11-13(9-24)19-22(31-10-30-19)21(29-4)15(11)17(25)18-12-5-6-14(27-2)20(28-3)16(12)23(26)32-18;1-24-8-7-10-13(19(30-4)21-20(31-9-32-21)14(10)22(25)26)16(24)17-11-5-6-12(28-2)18(29-3)15(11)23(27)33-17/h5-6,17-18H,7-8,10H2,1-4H3;5-6,16-17H,7-9H2,1-4H3,(H,25,26)/p+1/t17-,18+;16-,17+/m11/s1. The van der Waals surface area contributed by atoms with E-state index in [9.17, 15) is 24.8 Å². The molecule has 6 aliphatic heterocycles. The van der Waals surface area contributed by atoms with E-state index >= 15 is 0 Å². The van der Waals surface area contributed by atoms with Crippen molar-refractivity contribution in [2.24, 2.45) is 0 Å². The SMILES string of the molecule is COc1ccc2c(c1OC)C(=O)O[C@@H]2[C@H]1c2c(c(C#N)c3c(c2OC)OCO3)CCN1C.COc1ccc2c(c1OC)C(=O)O[C@@H]2[C@H]1c2c(c(C(=O)O)c3c(c2OC)OCO3)CCN1C.[H+]. The van der Waals surface area contributed by atoms with Crippen LogP contribution in [0.1, 0.15) is 95.7 Å². The van der Waals surface area contributed by atoms with Gasteiger partial charge in [0.2, 0.25) is 25.1 Å². The maximum atomic E-state index is 13.0. The van der Waals surface area contributed by atoms with E-state index in [1.165, 1.54) is 35.5 Å². The third-order valence-electron chi connectivity index (χ3n) is 12.8. The molecule has 340 valence electrons. The van der Waals surface area contributed by atoms with Gasteiger partial charge in [-0.2, -0.15) is 5.26 Å². The monoisotopic (exact) mass is 896 g/mol. The predicted molar refractivity (Wildman–Crippen MR) is 225 cm³/mol. The zero-order valence-electron chi connectivity index (χ0n) is 37.8. The number of aromatic carboxylic acids is 1. The number of hydrogen-bond acceptors (Lipinski definition) is 18. The van der Waals surface area contributed by atoms with Crippen molar-refractivity contribution in [1.29, 1.82) is 5.26 Å². The van der Waals surface area contributed by atoms with Crippen molar-refractivity contribution in [3.63, 3.8) is 0 Å². The Morgan fingerprint density at radius 2 is 1.08 bits per heavy atom. The number of carbonyl (C=O) groups excluding carboxylic acids is 2. The highest BCUT2D eigenvalue weighted by molar-refractivity contribution is 5.99. The van der Waals surface area contributed by atoms with Crippen molar-refractivity contribution in [3.8, 4) is 63.6 Å². The van der Waals surface area contributed by atoms with Crippen LogP contribution in [0.3, 0.4) is 0 Å². The number of nitriles is 1. The molecule has 65 heavy (non-hydrogen) atoms. The minimum atomic E-state index is -1.12. The number of carboxylic acid groups (broad SMARTS) is 1. The van der Waals surface area contributed by atoms with E-state index in [1.807, 2.05) is 25.1 Å². The van der Waals surface area contributed by atoms with Crippen LogP contribution in [0.4, 0.5) is 0 Å². The average Bonchev–Trinajstić information content (AvgIpc) is 4.13. The third kappa shape index (κ3) is 6.41. The number of nitrogens with zero attached hydrogens (tertiary/aromatic N) is 3. The molecule has 0 amide bonds. The minimum Gasteiger partial charge on any atom is -0.493 e. The average molecular weight is 897 g/mol. The first-order valence-corrected chi connectivity index (χ1v) is 20.5. The van der Waals surface area contributed by atoms with Gasteiger partial charge in [-0.25, -0.2) is 14.4 Å². The van der Waals surface area contributed by atoms with Crippen molar-refractivity contribution < 1.29 is 77.8 Å². The molecule has 0 saturated heterocycles. The zero-order valence-corrected chi connectivity index (χ0v) is 36.8. The molecule has 0 fully saturated rings. The largest absolute Gasteiger partial charge is 1.00 e. The summed E-state index contributed by atoms with van der Waals surface area (Å²) in [5.74, 6) is 1.45. The normalized spacial score (nSPS) is 20.7. The van der Waals surface area contributed by atoms with E-state index in [4.69, 9.17) is 56.8 Å². The molecule has 1 N–H and O–H groups in total. The van der Waals surface area contributed by atoms with Crippen LogP contribution in [0.25, 0.3) is 0 Å². The fourth-order valence-electron chi connectivity index (χ4n) is 10.0. The number of ether oxygens (including phenoxy) is 12. The van der Waals surface area contributed by atoms with Gasteiger partial charge in [-0.15, -0.1) is 0 Å². The van der Waals surface area contributed by atoms with E-state index in [2.05, 4.69) is 11.0 Å². The van der Waals surface area contributed by atoms with Crippen LogP contribution >= 0.6 is 0 Å². The van der Waals surface area contributed by atoms with E-state index in [-0.39, 0.29) is 32.1 Å². The molecule has 0 radical (unpaired) electrons. The van der Waals surface area contributed by atoms with Gasteiger partial charge >= 0.3 is 19.3 Å². The first-order chi connectivity index (χ1) is 31.5. The lowest BCUT2D eigenvalue weighted by atomic mass is 9.83. The molecular weight excluding hydrogens is 851 g/mol. The Balaban J connectivity index is 0.000000177. The molecule has 0 aromatic heterocycles. The van der Waals surface area contributed by atoms with Gasteiger partial charge in [0.05, 0.1) is 54.7 Å². The Kier molecular flexibility index (Phi) is 11.0. The highest BCUT2D eigenvalue weighted by atomic mass is 16.7. The number of esters is 2. The number of carbonyl (C=O) groups is 3. The van der Waals surface area contributed by atoms with Crippen molar-refractivity contribution in [2.45, 2.75) is 37.1 Å². The van der Waals surface area contributed by atoms with Crippen molar-refractivity contribution in [3.05, 3.63) is 79.9 Å². The number of rotatable bonds is 9. The van der Waals surface area contributed by atoms with Crippen LogP contribution in [-0.4, -0.2) is 116 Å². The number of likely N-dealkylation sites (N-methyl/N-ethyl adjacent to an activating group) is 2. The second kappa shape index (κ2) is 16.7. The van der Waals surface area contributed by atoms with Gasteiger partial charge in [-0.3, -0.25) is 9.80 Å². The van der Waals surface area contributed by atoms with Crippen molar-refractivity contribution in [1.82, 2.24) is 9.80 Å². The second-order valence-corrected chi connectivity index (χ2v) is 15.7. The summed E-state index contributed by atoms with van der Waals surface area (Å²) in [4.78, 5) is 42.3. The molecule has 19 heteroatoms. The summed E-state index contributed by atoms with van der Waals surface area (Å²) in [7, 11) is 12.9. The molecule has 10 rings (SSSR count). The Morgan fingerprint density at radius 3 is 1.52 bits per heavy atom. The zero-order chi connectivity index (χ0) is 46.0. The summed E-state index contributed by atoms with van der Waals surface area (Å²) in [6, 6.07) is 8.40. The Morgan fingerprint density at radius 1 is 0.646 bits per heavy atom. The minimum absolute atomic E-state index is 0.